The topological polar surface area (TPSA) is 18.5 Å². The molecule has 16 heavy (non-hydrogen) atoms. The van der Waals surface area contributed by atoms with Gasteiger partial charge in [-0.25, -0.2) is 8.78 Å². The van der Waals surface area contributed by atoms with Crippen LogP contribution >= 0.6 is 0 Å². The maximum atomic E-state index is 13.6. The SMILES string of the molecule is CC1(C)OB(C2C(C)(C)C2(F)F)OC1(C)C. The van der Waals surface area contributed by atoms with Crippen molar-refractivity contribution in [1.29, 1.82) is 0 Å². The van der Waals surface area contributed by atoms with Gasteiger partial charge in [-0.05, 0) is 27.7 Å². The van der Waals surface area contributed by atoms with E-state index in [1.807, 2.05) is 27.7 Å². The van der Waals surface area contributed by atoms with Crippen molar-refractivity contribution in [3.05, 3.63) is 0 Å². The molecule has 2 fully saturated rings. The smallest absolute Gasteiger partial charge is 0.403 e. The molecule has 0 aromatic rings. The minimum atomic E-state index is -2.69. The van der Waals surface area contributed by atoms with Gasteiger partial charge in [0, 0.05) is 5.41 Å². The van der Waals surface area contributed by atoms with E-state index in [2.05, 4.69) is 0 Å². The summed E-state index contributed by atoms with van der Waals surface area (Å²) in [6.45, 7) is 10.6. The molecule has 92 valence electrons. The summed E-state index contributed by atoms with van der Waals surface area (Å²) in [6, 6.07) is 0. The van der Waals surface area contributed by atoms with E-state index in [0.29, 0.717) is 0 Å². The molecule has 1 atom stereocenters. The Morgan fingerprint density at radius 3 is 1.44 bits per heavy atom. The van der Waals surface area contributed by atoms with Gasteiger partial charge in [0.05, 0.1) is 17.0 Å². The van der Waals surface area contributed by atoms with E-state index in [1.165, 1.54) is 0 Å². The van der Waals surface area contributed by atoms with E-state index in [-0.39, 0.29) is 0 Å². The third-order valence-corrected chi connectivity index (χ3v) is 4.49. The quantitative estimate of drug-likeness (QED) is 0.646. The summed E-state index contributed by atoms with van der Waals surface area (Å²) in [7, 11) is -0.796. The van der Waals surface area contributed by atoms with Crippen molar-refractivity contribution in [1.82, 2.24) is 0 Å². The molecule has 1 unspecified atom stereocenters. The lowest BCUT2D eigenvalue weighted by molar-refractivity contribution is 0.00578. The summed E-state index contributed by atoms with van der Waals surface area (Å²) in [5.74, 6) is -3.52. The monoisotopic (exact) mass is 232 g/mol. The molecule has 1 saturated heterocycles. The Bertz CT molecular complexity index is 296. The standard InChI is InChI=1S/C11H19BF2O2/c1-8(2)7(11(8,13)14)12-15-9(3,4)10(5,6)16-12/h7H,1-6H3. The fourth-order valence-corrected chi connectivity index (χ4v) is 2.23. The highest BCUT2D eigenvalue weighted by molar-refractivity contribution is 6.49. The molecule has 0 aromatic carbocycles. The van der Waals surface area contributed by atoms with Crippen molar-refractivity contribution >= 4 is 7.12 Å². The third-order valence-electron chi connectivity index (χ3n) is 4.49. The maximum Gasteiger partial charge on any atom is 0.468 e. The van der Waals surface area contributed by atoms with Gasteiger partial charge in [0.15, 0.2) is 0 Å². The van der Waals surface area contributed by atoms with E-state index >= 15 is 0 Å². The van der Waals surface area contributed by atoms with Gasteiger partial charge in [-0.1, -0.05) is 13.8 Å². The zero-order valence-electron chi connectivity index (χ0n) is 10.7. The van der Waals surface area contributed by atoms with Gasteiger partial charge in [-0.15, -0.1) is 0 Å². The van der Waals surface area contributed by atoms with Gasteiger partial charge in [0.25, 0.3) is 5.92 Å². The van der Waals surface area contributed by atoms with Crippen LogP contribution in [0.25, 0.3) is 0 Å². The zero-order valence-corrected chi connectivity index (χ0v) is 10.7. The van der Waals surface area contributed by atoms with Crippen LogP contribution in [0.2, 0.25) is 5.82 Å². The second kappa shape index (κ2) is 2.81. The Balaban J connectivity index is 2.18. The molecule has 0 aromatic heterocycles. The van der Waals surface area contributed by atoms with Crippen LogP contribution in [0.1, 0.15) is 41.5 Å². The summed E-state index contributed by atoms with van der Waals surface area (Å²) in [4.78, 5) is 0. The van der Waals surface area contributed by atoms with Crippen LogP contribution in [-0.2, 0) is 9.31 Å². The van der Waals surface area contributed by atoms with Gasteiger partial charge in [-0.2, -0.15) is 0 Å². The number of hydrogen-bond donors (Lipinski definition) is 0. The van der Waals surface area contributed by atoms with Crippen LogP contribution in [-0.4, -0.2) is 24.2 Å². The minimum Gasteiger partial charge on any atom is -0.403 e. The van der Waals surface area contributed by atoms with Crippen LogP contribution in [0, 0.1) is 5.41 Å². The predicted molar refractivity (Wildman–Crippen MR) is 58.6 cm³/mol. The minimum absolute atomic E-state index is 0.535. The Hall–Kier alpha value is -0.155. The number of alkyl halides is 2. The largest absolute Gasteiger partial charge is 0.468 e. The van der Waals surface area contributed by atoms with E-state index < -0.39 is 35.5 Å². The fraction of sp³-hybridized carbons (Fsp3) is 1.00. The van der Waals surface area contributed by atoms with E-state index in [9.17, 15) is 8.78 Å². The molecular formula is C11H19BF2O2. The van der Waals surface area contributed by atoms with Gasteiger partial charge < -0.3 is 9.31 Å². The molecule has 2 rings (SSSR count). The van der Waals surface area contributed by atoms with Crippen molar-refractivity contribution < 1.29 is 18.1 Å². The molecule has 1 saturated carbocycles. The van der Waals surface area contributed by atoms with Crippen LogP contribution in [0.3, 0.4) is 0 Å². The van der Waals surface area contributed by atoms with E-state index in [1.54, 1.807) is 13.8 Å². The molecule has 0 amide bonds. The van der Waals surface area contributed by atoms with E-state index in [4.69, 9.17) is 9.31 Å². The van der Waals surface area contributed by atoms with Crippen molar-refractivity contribution in [2.45, 2.75) is 64.5 Å². The Morgan fingerprint density at radius 2 is 1.19 bits per heavy atom. The van der Waals surface area contributed by atoms with Gasteiger partial charge in [0.1, 0.15) is 0 Å². The zero-order chi connectivity index (χ0) is 12.6. The summed E-state index contributed by atoms with van der Waals surface area (Å²) in [6.07, 6.45) is 0. The first kappa shape index (κ1) is 12.3. The number of hydrogen-bond acceptors (Lipinski definition) is 2. The molecule has 5 heteroatoms. The normalized spacial score (nSPS) is 37.5. The molecule has 1 aliphatic heterocycles. The van der Waals surface area contributed by atoms with Crippen LogP contribution in [0.4, 0.5) is 8.78 Å². The van der Waals surface area contributed by atoms with Gasteiger partial charge in [0.2, 0.25) is 0 Å². The first-order valence-corrected chi connectivity index (χ1v) is 5.67. The van der Waals surface area contributed by atoms with Crippen molar-refractivity contribution in [2.24, 2.45) is 5.41 Å². The Morgan fingerprint density at radius 1 is 0.875 bits per heavy atom. The highest BCUT2D eigenvalue weighted by Crippen LogP contribution is 2.72. The molecule has 0 radical (unpaired) electrons. The second-order valence-electron chi connectivity index (χ2n) is 6.45. The average molecular weight is 232 g/mol. The lowest BCUT2D eigenvalue weighted by atomic mass is 9.77. The average Bonchev–Trinajstić information content (AvgIpc) is 2.26. The number of rotatable bonds is 1. The number of halogens is 2. The highest BCUT2D eigenvalue weighted by Gasteiger charge is 2.81. The third kappa shape index (κ3) is 1.30. The van der Waals surface area contributed by atoms with E-state index in [0.717, 1.165) is 0 Å². The molecule has 2 aliphatic rings. The van der Waals surface area contributed by atoms with Crippen LogP contribution in [0.5, 0.6) is 0 Å². The first-order chi connectivity index (χ1) is 6.93. The molecular weight excluding hydrogens is 213 g/mol. The highest BCUT2D eigenvalue weighted by atomic mass is 19.3. The summed E-state index contributed by atoms with van der Waals surface area (Å²) >= 11 is 0. The molecule has 0 N–H and O–H groups in total. The first-order valence-electron chi connectivity index (χ1n) is 5.67. The maximum absolute atomic E-state index is 13.6. The Labute approximate surface area is 95.8 Å². The van der Waals surface area contributed by atoms with Crippen molar-refractivity contribution in [3.63, 3.8) is 0 Å². The second-order valence-corrected chi connectivity index (χ2v) is 6.45. The van der Waals surface area contributed by atoms with Gasteiger partial charge >= 0.3 is 7.12 Å². The molecule has 0 bridgehead atoms. The predicted octanol–water partition coefficient (Wildman–Crippen LogP) is 3.12. The fourth-order valence-electron chi connectivity index (χ4n) is 2.23. The van der Waals surface area contributed by atoms with Crippen molar-refractivity contribution in [2.75, 3.05) is 0 Å². The molecule has 2 nitrogen and oxygen atoms in total. The summed E-state index contributed by atoms with van der Waals surface area (Å²) in [5.41, 5.74) is -2.09. The lowest BCUT2D eigenvalue weighted by Crippen LogP contribution is -2.41. The lowest BCUT2D eigenvalue weighted by Gasteiger charge is -2.32. The van der Waals surface area contributed by atoms with Gasteiger partial charge in [-0.3, -0.25) is 0 Å². The molecule has 0 spiro atoms. The summed E-state index contributed by atoms with van der Waals surface area (Å²) in [5, 5.41) is 0. The Kier molecular flexibility index (Phi) is 2.16. The van der Waals surface area contributed by atoms with Crippen LogP contribution in [0.15, 0.2) is 0 Å². The van der Waals surface area contributed by atoms with Crippen LogP contribution < -0.4 is 0 Å². The van der Waals surface area contributed by atoms with Crippen molar-refractivity contribution in [3.8, 4) is 0 Å². The molecule has 1 aliphatic carbocycles. The molecule has 1 heterocycles. The summed E-state index contributed by atoms with van der Waals surface area (Å²) < 4.78 is 38.5.